The highest BCUT2D eigenvalue weighted by Crippen LogP contribution is 2.27. The summed E-state index contributed by atoms with van der Waals surface area (Å²) in [4.78, 5) is 36.9. The van der Waals surface area contributed by atoms with E-state index in [0.717, 1.165) is 22.6 Å². The van der Waals surface area contributed by atoms with Crippen molar-refractivity contribution in [2.24, 2.45) is 0 Å². The smallest absolute Gasteiger partial charge is 0.338 e. The third-order valence-electron chi connectivity index (χ3n) is 4.90. The minimum atomic E-state index is -0.939. The van der Waals surface area contributed by atoms with Gasteiger partial charge in [0.15, 0.2) is 11.2 Å². The van der Waals surface area contributed by atoms with Crippen molar-refractivity contribution in [2.45, 2.75) is 19.4 Å². The van der Waals surface area contributed by atoms with Crippen molar-refractivity contribution in [1.29, 1.82) is 0 Å². The van der Waals surface area contributed by atoms with Crippen LogP contribution in [0.2, 0.25) is 0 Å². The Bertz CT molecular complexity index is 1240. The van der Waals surface area contributed by atoms with Crippen molar-refractivity contribution in [3.63, 3.8) is 0 Å². The van der Waals surface area contributed by atoms with E-state index in [9.17, 15) is 9.59 Å². The second-order valence-corrected chi connectivity index (χ2v) is 7.93. The number of aromatic amines is 1. The van der Waals surface area contributed by atoms with Crippen LogP contribution in [0.15, 0.2) is 66.3 Å². The maximum atomic E-state index is 12.7. The Kier molecular flexibility index (Phi) is 6.80. The number of hydrogen-bond acceptors (Lipinski definition) is 7. The van der Waals surface area contributed by atoms with Gasteiger partial charge in [-0.1, -0.05) is 31.2 Å². The van der Waals surface area contributed by atoms with Gasteiger partial charge in [0.1, 0.15) is 11.6 Å². The first kappa shape index (κ1) is 22.2. The molecule has 4 rings (SSSR count). The molecule has 2 aromatic heterocycles. The van der Waals surface area contributed by atoms with Crippen LogP contribution in [0, 0.1) is 0 Å². The Labute approximate surface area is 194 Å². The molecule has 1 amide bonds. The Morgan fingerprint density at radius 3 is 2.67 bits per heavy atom. The number of hydrogen-bond donors (Lipinski definition) is 2. The van der Waals surface area contributed by atoms with Gasteiger partial charge in [-0.2, -0.15) is 0 Å². The Hall–Kier alpha value is -3.98. The largest absolute Gasteiger partial charge is 0.497 e. The highest BCUT2D eigenvalue weighted by atomic mass is 32.1. The highest BCUT2D eigenvalue weighted by Gasteiger charge is 2.23. The molecule has 2 N–H and O–H groups in total. The number of benzene rings is 2. The van der Waals surface area contributed by atoms with Crippen LogP contribution in [0.3, 0.4) is 0 Å². The van der Waals surface area contributed by atoms with E-state index in [1.165, 1.54) is 11.3 Å². The fraction of sp³-hybridized carbons (Fsp3) is 0.167. The molecule has 4 aromatic rings. The zero-order valence-corrected chi connectivity index (χ0v) is 18.9. The van der Waals surface area contributed by atoms with Gasteiger partial charge in [0.2, 0.25) is 0 Å². The normalized spacial score (nSPS) is 11.6. The van der Waals surface area contributed by atoms with Crippen molar-refractivity contribution in [1.82, 2.24) is 15.0 Å². The van der Waals surface area contributed by atoms with E-state index in [0.29, 0.717) is 22.9 Å². The number of carbonyl (C=O) groups is 2. The highest BCUT2D eigenvalue weighted by molar-refractivity contribution is 7.14. The molecule has 8 nitrogen and oxygen atoms in total. The van der Waals surface area contributed by atoms with E-state index in [-0.39, 0.29) is 0 Å². The molecule has 0 saturated carbocycles. The van der Waals surface area contributed by atoms with Crippen LogP contribution in [0.1, 0.15) is 23.7 Å². The maximum absolute atomic E-state index is 12.7. The Balaban J connectivity index is 1.39. The molecule has 2 aromatic carbocycles. The summed E-state index contributed by atoms with van der Waals surface area (Å²) in [6, 6.07) is 14.3. The standard InChI is InChI=1S/C24H22N4O4S/c1-3-20(32-23(30)16-9-7-15(8-10-16)21-25-11-12-26-21)22(29)28-24-27-19(14-33-24)17-5-4-6-18(13-17)31-2/h4-14,20H,3H2,1-2H3,(H,25,26)(H,27,28,29). The monoisotopic (exact) mass is 462 g/mol. The number of methoxy groups -OCH3 is 1. The van der Waals surface area contributed by atoms with Gasteiger partial charge in [-0.3, -0.25) is 10.1 Å². The molecule has 0 aliphatic heterocycles. The molecular formula is C24H22N4O4S. The van der Waals surface area contributed by atoms with Crippen LogP contribution in [-0.4, -0.2) is 40.0 Å². The average molecular weight is 463 g/mol. The molecule has 0 bridgehead atoms. The summed E-state index contributed by atoms with van der Waals surface area (Å²) in [6.45, 7) is 1.78. The van der Waals surface area contributed by atoms with Crippen molar-refractivity contribution >= 4 is 28.3 Å². The van der Waals surface area contributed by atoms with E-state index in [1.54, 1.807) is 50.7 Å². The summed E-state index contributed by atoms with van der Waals surface area (Å²) in [5, 5.41) is 5.01. The molecule has 0 aliphatic rings. The van der Waals surface area contributed by atoms with Crippen LogP contribution in [0.5, 0.6) is 5.75 Å². The van der Waals surface area contributed by atoms with Crippen molar-refractivity contribution in [3.8, 4) is 28.4 Å². The molecular weight excluding hydrogens is 440 g/mol. The number of imidazole rings is 1. The van der Waals surface area contributed by atoms with Gasteiger partial charge in [0.05, 0.1) is 18.4 Å². The summed E-state index contributed by atoms with van der Waals surface area (Å²) in [5.74, 6) is 0.433. The molecule has 2 heterocycles. The third kappa shape index (κ3) is 5.27. The van der Waals surface area contributed by atoms with Crippen molar-refractivity contribution in [2.75, 3.05) is 12.4 Å². The minimum Gasteiger partial charge on any atom is -0.497 e. The molecule has 0 fully saturated rings. The van der Waals surface area contributed by atoms with E-state index in [2.05, 4.69) is 20.3 Å². The van der Waals surface area contributed by atoms with E-state index in [1.807, 2.05) is 29.6 Å². The number of anilines is 1. The van der Waals surface area contributed by atoms with Gasteiger partial charge < -0.3 is 14.5 Å². The van der Waals surface area contributed by atoms with Crippen LogP contribution in [0.25, 0.3) is 22.6 Å². The molecule has 0 saturated heterocycles. The zero-order valence-electron chi connectivity index (χ0n) is 18.1. The number of thiazole rings is 1. The number of carbonyl (C=O) groups excluding carboxylic acids is 2. The third-order valence-corrected chi connectivity index (χ3v) is 5.66. The quantitative estimate of drug-likeness (QED) is 0.365. The van der Waals surface area contributed by atoms with Crippen LogP contribution >= 0.6 is 11.3 Å². The molecule has 0 radical (unpaired) electrons. The fourth-order valence-electron chi connectivity index (χ4n) is 3.14. The topological polar surface area (TPSA) is 106 Å². The van der Waals surface area contributed by atoms with E-state index in [4.69, 9.17) is 9.47 Å². The molecule has 0 spiro atoms. The van der Waals surface area contributed by atoms with Gasteiger partial charge in [-0.05, 0) is 30.7 Å². The zero-order chi connectivity index (χ0) is 23.2. The maximum Gasteiger partial charge on any atom is 0.338 e. The van der Waals surface area contributed by atoms with Crippen LogP contribution < -0.4 is 10.1 Å². The van der Waals surface area contributed by atoms with Crippen LogP contribution in [0.4, 0.5) is 5.13 Å². The summed E-state index contributed by atoms with van der Waals surface area (Å²) in [7, 11) is 1.60. The SMILES string of the molecule is CCC(OC(=O)c1ccc(-c2ncc[nH]2)cc1)C(=O)Nc1nc(-c2cccc(OC)c2)cs1. The Morgan fingerprint density at radius 2 is 1.97 bits per heavy atom. The minimum absolute atomic E-state index is 0.330. The summed E-state index contributed by atoms with van der Waals surface area (Å²) < 4.78 is 10.7. The predicted octanol–water partition coefficient (Wildman–Crippen LogP) is 4.78. The number of esters is 1. The van der Waals surface area contributed by atoms with Crippen molar-refractivity contribution in [3.05, 3.63) is 71.9 Å². The van der Waals surface area contributed by atoms with Gasteiger partial charge in [-0.25, -0.2) is 14.8 Å². The number of nitrogens with zero attached hydrogens (tertiary/aromatic N) is 2. The fourth-order valence-corrected chi connectivity index (χ4v) is 3.86. The first-order valence-electron chi connectivity index (χ1n) is 10.3. The first-order valence-corrected chi connectivity index (χ1v) is 11.2. The number of aromatic nitrogens is 3. The lowest BCUT2D eigenvalue weighted by molar-refractivity contribution is -0.124. The number of nitrogens with one attached hydrogen (secondary N) is 2. The molecule has 0 aliphatic carbocycles. The van der Waals surface area contributed by atoms with E-state index >= 15 is 0 Å². The lowest BCUT2D eigenvalue weighted by atomic mass is 10.1. The second kappa shape index (κ2) is 10.1. The summed E-state index contributed by atoms with van der Waals surface area (Å²) >= 11 is 1.30. The average Bonchev–Trinajstić information content (AvgIpc) is 3.55. The van der Waals surface area contributed by atoms with Crippen molar-refractivity contribution < 1.29 is 19.1 Å². The number of H-pyrrole nitrogens is 1. The number of rotatable bonds is 8. The molecule has 1 atom stereocenters. The lowest BCUT2D eigenvalue weighted by Crippen LogP contribution is -2.32. The lowest BCUT2D eigenvalue weighted by Gasteiger charge is -2.15. The molecule has 1 unspecified atom stereocenters. The second-order valence-electron chi connectivity index (χ2n) is 7.08. The van der Waals surface area contributed by atoms with Crippen LogP contribution in [-0.2, 0) is 9.53 Å². The first-order chi connectivity index (χ1) is 16.1. The predicted molar refractivity (Wildman–Crippen MR) is 126 cm³/mol. The van der Waals surface area contributed by atoms with Gasteiger partial charge >= 0.3 is 5.97 Å². The van der Waals surface area contributed by atoms with E-state index < -0.39 is 18.0 Å². The number of ether oxygens (including phenoxy) is 2. The summed E-state index contributed by atoms with van der Waals surface area (Å²) in [6.07, 6.45) is 2.77. The van der Waals surface area contributed by atoms with Gasteiger partial charge in [0.25, 0.3) is 5.91 Å². The number of amides is 1. The molecule has 9 heteroatoms. The molecule has 33 heavy (non-hydrogen) atoms. The Morgan fingerprint density at radius 1 is 1.15 bits per heavy atom. The van der Waals surface area contributed by atoms with Gasteiger partial charge in [-0.15, -0.1) is 11.3 Å². The molecule has 168 valence electrons. The summed E-state index contributed by atoms with van der Waals surface area (Å²) in [5.41, 5.74) is 2.79. The van der Waals surface area contributed by atoms with Gasteiger partial charge in [0, 0.05) is 28.9 Å².